The lowest BCUT2D eigenvalue weighted by atomic mass is 10.1. The molecule has 4 aromatic rings. The molecule has 0 fully saturated rings. The summed E-state index contributed by atoms with van der Waals surface area (Å²) in [5.41, 5.74) is 1.52. The van der Waals surface area contributed by atoms with Crippen LogP contribution in [0, 0.1) is 0 Å². The van der Waals surface area contributed by atoms with E-state index < -0.39 is 0 Å². The quantitative estimate of drug-likeness (QED) is 0.600. The fourth-order valence-electron chi connectivity index (χ4n) is 2.91. The van der Waals surface area contributed by atoms with E-state index >= 15 is 0 Å². The van der Waals surface area contributed by atoms with E-state index in [1.54, 1.807) is 0 Å². The van der Waals surface area contributed by atoms with E-state index in [9.17, 15) is 4.79 Å². The summed E-state index contributed by atoms with van der Waals surface area (Å²) in [6.07, 6.45) is 1.88. The molecule has 0 spiro atoms. The van der Waals surface area contributed by atoms with Crippen LogP contribution in [0.25, 0.3) is 16.4 Å². The normalized spacial score (nSPS) is 12.2. The zero-order valence-corrected chi connectivity index (χ0v) is 13.7. The number of hydrogen-bond donors (Lipinski definition) is 2. The third-order valence-electron chi connectivity index (χ3n) is 4.11. The van der Waals surface area contributed by atoms with Crippen LogP contribution in [0.3, 0.4) is 0 Å². The first-order valence-corrected chi connectivity index (χ1v) is 8.07. The Morgan fingerprint density at radius 1 is 1.00 bits per heavy atom. The molecule has 1 atom stereocenters. The van der Waals surface area contributed by atoms with Gasteiger partial charge in [-0.25, -0.2) is 4.79 Å². The second-order valence-corrected chi connectivity index (χ2v) is 5.83. The fourth-order valence-corrected chi connectivity index (χ4v) is 2.91. The summed E-state index contributed by atoms with van der Waals surface area (Å²) in [7, 11) is 0. The van der Waals surface area contributed by atoms with Crippen LogP contribution >= 0.6 is 0 Å². The van der Waals surface area contributed by atoms with Crippen LogP contribution in [0.5, 0.6) is 0 Å². The van der Waals surface area contributed by atoms with E-state index in [4.69, 9.17) is 0 Å². The Hall–Kier alpha value is -3.41. The van der Waals surface area contributed by atoms with Crippen LogP contribution in [0.15, 0.2) is 66.9 Å². The molecule has 0 saturated heterocycles. The van der Waals surface area contributed by atoms with Crippen molar-refractivity contribution in [3.05, 3.63) is 72.7 Å². The lowest BCUT2D eigenvalue weighted by Gasteiger charge is -2.14. The van der Waals surface area contributed by atoms with Crippen molar-refractivity contribution < 1.29 is 4.79 Å². The van der Waals surface area contributed by atoms with E-state index in [1.165, 1.54) is 0 Å². The summed E-state index contributed by atoms with van der Waals surface area (Å²) in [5.74, 6) is 0.684. The van der Waals surface area contributed by atoms with Crippen molar-refractivity contribution in [3.63, 3.8) is 0 Å². The van der Waals surface area contributed by atoms with Gasteiger partial charge in [-0.1, -0.05) is 42.5 Å². The molecule has 6 nitrogen and oxygen atoms in total. The molecule has 0 aliphatic heterocycles. The van der Waals surface area contributed by atoms with Gasteiger partial charge in [0.1, 0.15) is 0 Å². The van der Waals surface area contributed by atoms with Crippen LogP contribution in [0.4, 0.5) is 10.5 Å². The molecule has 2 heterocycles. The molecule has 6 heteroatoms. The van der Waals surface area contributed by atoms with E-state index in [2.05, 4.69) is 20.8 Å². The standard InChI is InChI=1S/C19H17N5O/c1-13(18-23-22-17-11-4-5-12-24(17)18)20-19(25)21-16-10-6-8-14-7-2-3-9-15(14)16/h2-13H,1H3,(H2,20,21,25). The van der Waals surface area contributed by atoms with Crippen molar-refractivity contribution in [1.29, 1.82) is 0 Å². The van der Waals surface area contributed by atoms with E-state index in [0.29, 0.717) is 5.82 Å². The van der Waals surface area contributed by atoms with Crippen LogP contribution in [0.2, 0.25) is 0 Å². The highest BCUT2D eigenvalue weighted by Crippen LogP contribution is 2.23. The second-order valence-electron chi connectivity index (χ2n) is 5.83. The van der Waals surface area contributed by atoms with Gasteiger partial charge in [-0.15, -0.1) is 10.2 Å². The molecule has 0 bridgehead atoms. The number of anilines is 1. The number of nitrogens with zero attached hydrogens (tertiary/aromatic N) is 3. The molecular weight excluding hydrogens is 314 g/mol. The van der Waals surface area contributed by atoms with Gasteiger partial charge in [0.25, 0.3) is 0 Å². The first kappa shape index (κ1) is 15.1. The van der Waals surface area contributed by atoms with Crippen molar-refractivity contribution in [2.24, 2.45) is 0 Å². The monoisotopic (exact) mass is 331 g/mol. The zero-order chi connectivity index (χ0) is 17.2. The summed E-state index contributed by atoms with van der Waals surface area (Å²) >= 11 is 0. The number of hydrogen-bond acceptors (Lipinski definition) is 3. The van der Waals surface area contributed by atoms with Crippen molar-refractivity contribution in [3.8, 4) is 0 Å². The number of amides is 2. The molecule has 0 aliphatic carbocycles. The molecule has 124 valence electrons. The van der Waals surface area contributed by atoms with Gasteiger partial charge in [-0.3, -0.25) is 4.40 Å². The van der Waals surface area contributed by atoms with Crippen LogP contribution in [-0.4, -0.2) is 20.6 Å². The van der Waals surface area contributed by atoms with Gasteiger partial charge in [0.15, 0.2) is 11.5 Å². The van der Waals surface area contributed by atoms with E-state index in [0.717, 1.165) is 22.1 Å². The Bertz CT molecular complexity index is 1050. The molecule has 0 aliphatic rings. The highest BCUT2D eigenvalue weighted by atomic mass is 16.2. The number of carbonyl (C=O) groups is 1. The lowest BCUT2D eigenvalue weighted by molar-refractivity contribution is 0.249. The van der Waals surface area contributed by atoms with Crippen molar-refractivity contribution >= 4 is 28.1 Å². The van der Waals surface area contributed by atoms with Gasteiger partial charge < -0.3 is 10.6 Å². The van der Waals surface area contributed by atoms with Gasteiger partial charge in [0, 0.05) is 11.6 Å². The molecule has 1 unspecified atom stereocenters. The number of pyridine rings is 1. The molecule has 2 aromatic heterocycles. The molecule has 0 saturated carbocycles. The number of rotatable bonds is 3. The van der Waals surface area contributed by atoms with Crippen molar-refractivity contribution in [2.75, 3.05) is 5.32 Å². The molecule has 2 amide bonds. The number of benzene rings is 2. The Morgan fingerprint density at radius 3 is 2.72 bits per heavy atom. The highest BCUT2D eigenvalue weighted by molar-refractivity contribution is 6.01. The smallest absolute Gasteiger partial charge is 0.319 e. The van der Waals surface area contributed by atoms with Gasteiger partial charge in [0.2, 0.25) is 0 Å². The predicted molar refractivity (Wildman–Crippen MR) is 97.5 cm³/mol. The predicted octanol–water partition coefficient (Wildman–Crippen LogP) is 3.77. The summed E-state index contributed by atoms with van der Waals surface area (Å²) in [6, 6.07) is 18.9. The largest absolute Gasteiger partial charge is 0.328 e. The maximum Gasteiger partial charge on any atom is 0.319 e. The Morgan fingerprint density at radius 2 is 1.80 bits per heavy atom. The van der Waals surface area contributed by atoms with Gasteiger partial charge >= 0.3 is 6.03 Å². The molecule has 25 heavy (non-hydrogen) atoms. The summed E-state index contributed by atoms with van der Waals surface area (Å²) in [6.45, 7) is 1.88. The Labute approximate surface area is 144 Å². The number of urea groups is 1. The molecule has 0 radical (unpaired) electrons. The maximum atomic E-state index is 12.4. The third kappa shape index (κ3) is 2.89. The van der Waals surface area contributed by atoms with Gasteiger partial charge in [0.05, 0.1) is 11.7 Å². The van der Waals surface area contributed by atoms with Crippen LogP contribution in [-0.2, 0) is 0 Å². The molecule has 2 aromatic carbocycles. The number of carbonyl (C=O) groups excluding carboxylic acids is 1. The van der Waals surface area contributed by atoms with Crippen molar-refractivity contribution in [1.82, 2.24) is 19.9 Å². The molecular formula is C19H17N5O. The van der Waals surface area contributed by atoms with Gasteiger partial charge in [-0.05, 0) is 30.5 Å². The zero-order valence-electron chi connectivity index (χ0n) is 13.7. The summed E-state index contributed by atoms with van der Waals surface area (Å²) < 4.78 is 1.86. The summed E-state index contributed by atoms with van der Waals surface area (Å²) in [5, 5.41) is 16.2. The average Bonchev–Trinajstić information content (AvgIpc) is 3.06. The SMILES string of the molecule is CC(NC(=O)Nc1cccc2ccccc12)c1nnc2ccccn12. The first-order valence-electron chi connectivity index (χ1n) is 8.07. The second kappa shape index (κ2) is 6.24. The topological polar surface area (TPSA) is 71.3 Å². The van der Waals surface area contributed by atoms with Crippen LogP contribution in [0.1, 0.15) is 18.8 Å². The Kier molecular flexibility index (Phi) is 3.78. The average molecular weight is 331 g/mol. The van der Waals surface area contributed by atoms with Crippen molar-refractivity contribution in [2.45, 2.75) is 13.0 Å². The minimum absolute atomic E-state index is 0.281. The first-order chi connectivity index (χ1) is 12.2. The van der Waals surface area contributed by atoms with Crippen LogP contribution < -0.4 is 10.6 Å². The van der Waals surface area contributed by atoms with Gasteiger partial charge in [-0.2, -0.15) is 0 Å². The number of fused-ring (bicyclic) bond motifs is 2. The number of aromatic nitrogens is 3. The third-order valence-corrected chi connectivity index (χ3v) is 4.11. The minimum Gasteiger partial charge on any atom is -0.328 e. The maximum absolute atomic E-state index is 12.4. The molecule has 4 rings (SSSR count). The Balaban J connectivity index is 1.53. The summed E-state index contributed by atoms with van der Waals surface area (Å²) in [4.78, 5) is 12.4. The van der Waals surface area contributed by atoms with E-state index in [1.807, 2.05) is 78.2 Å². The van der Waals surface area contributed by atoms with E-state index in [-0.39, 0.29) is 12.1 Å². The number of nitrogens with one attached hydrogen (secondary N) is 2. The minimum atomic E-state index is -0.285. The highest BCUT2D eigenvalue weighted by Gasteiger charge is 2.16. The lowest BCUT2D eigenvalue weighted by Crippen LogP contribution is -2.32. The molecule has 2 N–H and O–H groups in total. The fraction of sp³-hybridized carbons (Fsp3) is 0.105.